The highest BCUT2D eigenvalue weighted by molar-refractivity contribution is 5.82. The molecule has 0 bridgehead atoms. The summed E-state index contributed by atoms with van der Waals surface area (Å²) in [6.45, 7) is 1.35. The molecule has 0 radical (unpaired) electrons. The van der Waals surface area contributed by atoms with Crippen molar-refractivity contribution in [1.82, 2.24) is 14.2 Å². The van der Waals surface area contributed by atoms with Gasteiger partial charge < -0.3 is 9.52 Å². The summed E-state index contributed by atoms with van der Waals surface area (Å²) in [5.41, 5.74) is 1.22. The lowest BCUT2D eigenvalue weighted by atomic mass is 10.4. The first-order chi connectivity index (χ1) is 8.56. The van der Waals surface area contributed by atoms with E-state index in [0.29, 0.717) is 11.1 Å². The lowest BCUT2D eigenvalue weighted by Crippen LogP contribution is -2.27. The van der Waals surface area contributed by atoms with Crippen LogP contribution in [0.2, 0.25) is 0 Å². The minimum atomic E-state index is -1.11. The van der Waals surface area contributed by atoms with E-state index in [1.54, 1.807) is 16.5 Å². The van der Waals surface area contributed by atoms with E-state index >= 15 is 0 Å². The van der Waals surface area contributed by atoms with Crippen LogP contribution in [0.5, 0.6) is 0 Å². The molecule has 0 aliphatic rings. The predicted molar refractivity (Wildman–Crippen MR) is 61.6 cm³/mol. The summed E-state index contributed by atoms with van der Waals surface area (Å²) in [6.07, 6.45) is 1.41. The first-order valence-corrected chi connectivity index (χ1v) is 5.25. The molecule has 18 heavy (non-hydrogen) atoms. The molecule has 0 unspecified atom stereocenters. The second kappa shape index (κ2) is 3.46. The Hall–Kier alpha value is -2.57. The Bertz CT molecular complexity index is 824. The molecule has 0 aliphatic heterocycles. The quantitative estimate of drug-likeness (QED) is 0.717. The molecule has 0 spiro atoms. The minimum absolute atomic E-state index is 0.347. The van der Waals surface area contributed by atoms with Crippen molar-refractivity contribution < 1.29 is 14.3 Å². The number of furan rings is 1. The highest BCUT2D eigenvalue weighted by Crippen LogP contribution is 2.21. The highest BCUT2D eigenvalue weighted by atomic mass is 16.4. The van der Waals surface area contributed by atoms with E-state index in [0.717, 1.165) is 16.0 Å². The number of carbonyl (C=O) groups is 1. The Balaban J connectivity index is 2.32. The predicted octanol–water partition coefficient (Wildman–Crippen LogP) is 0.635. The van der Waals surface area contributed by atoms with E-state index in [1.807, 2.05) is 6.92 Å². The third-order valence-electron chi connectivity index (χ3n) is 2.70. The van der Waals surface area contributed by atoms with Crippen molar-refractivity contribution in [2.45, 2.75) is 13.5 Å². The fourth-order valence-electron chi connectivity index (χ4n) is 1.96. The van der Waals surface area contributed by atoms with Crippen LogP contribution in [0.3, 0.4) is 0 Å². The minimum Gasteiger partial charge on any atom is -0.480 e. The molecular formula is C11H9N3O4. The lowest BCUT2D eigenvalue weighted by molar-refractivity contribution is -0.138. The molecule has 0 fully saturated rings. The number of rotatable bonds is 2. The van der Waals surface area contributed by atoms with Gasteiger partial charge in [0.25, 0.3) is 5.56 Å². The molecule has 0 saturated carbocycles. The van der Waals surface area contributed by atoms with Gasteiger partial charge >= 0.3 is 5.97 Å². The molecule has 0 amide bonds. The van der Waals surface area contributed by atoms with E-state index in [1.165, 1.54) is 6.33 Å². The van der Waals surface area contributed by atoms with Crippen LogP contribution in [0, 0.1) is 6.92 Å². The van der Waals surface area contributed by atoms with Crippen LogP contribution >= 0.6 is 0 Å². The summed E-state index contributed by atoms with van der Waals surface area (Å²) in [4.78, 5) is 22.6. The van der Waals surface area contributed by atoms with Gasteiger partial charge in [0, 0.05) is 12.1 Å². The third kappa shape index (κ3) is 1.41. The zero-order valence-corrected chi connectivity index (χ0v) is 9.45. The Labute approximate surface area is 99.9 Å². The number of hydrogen-bond acceptors (Lipinski definition) is 4. The number of aromatic nitrogens is 3. The van der Waals surface area contributed by atoms with Gasteiger partial charge in [0.2, 0.25) is 0 Å². The number of carboxylic acids is 1. The van der Waals surface area contributed by atoms with Crippen LogP contribution in [-0.2, 0) is 11.3 Å². The van der Waals surface area contributed by atoms with Crippen LogP contribution in [0.15, 0.2) is 27.7 Å². The van der Waals surface area contributed by atoms with E-state index in [-0.39, 0.29) is 0 Å². The highest BCUT2D eigenvalue weighted by Gasteiger charge is 2.13. The van der Waals surface area contributed by atoms with Gasteiger partial charge in [0.15, 0.2) is 5.58 Å². The van der Waals surface area contributed by atoms with E-state index in [2.05, 4.69) is 5.10 Å². The molecule has 0 saturated heterocycles. The maximum atomic E-state index is 12.0. The maximum Gasteiger partial charge on any atom is 0.325 e. The van der Waals surface area contributed by atoms with Crippen molar-refractivity contribution in [2.24, 2.45) is 0 Å². The van der Waals surface area contributed by atoms with Crippen molar-refractivity contribution in [3.05, 3.63) is 34.6 Å². The molecule has 3 heterocycles. The summed E-state index contributed by atoms with van der Waals surface area (Å²) in [7, 11) is 0. The first-order valence-electron chi connectivity index (χ1n) is 5.25. The van der Waals surface area contributed by atoms with Crippen LogP contribution in [0.1, 0.15) is 5.76 Å². The zero-order valence-electron chi connectivity index (χ0n) is 9.45. The third-order valence-corrected chi connectivity index (χ3v) is 2.70. The topological polar surface area (TPSA) is 89.7 Å². The van der Waals surface area contributed by atoms with Crippen LogP contribution in [-0.4, -0.2) is 25.3 Å². The molecule has 3 rings (SSSR count). The molecule has 92 valence electrons. The van der Waals surface area contributed by atoms with Gasteiger partial charge in [-0.25, -0.2) is 4.68 Å². The van der Waals surface area contributed by atoms with Gasteiger partial charge in [-0.3, -0.25) is 14.0 Å². The number of nitrogens with zero attached hydrogens (tertiary/aromatic N) is 3. The molecule has 1 N–H and O–H groups in total. The average Bonchev–Trinajstić information content (AvgIpc) is 2.78. The average molecular weight is 247 g/mol. The van der Waals surface area contributed by atoms with Gasteiger partial charge in [-0.15, -0.1) is 0 Å². The Morgan fingerprint density at radius 2 is 2.22 bits per heavy atom. The van der Waals surface area contributed by atoms with Gasteiger partial charge in [-0.05, 0) is 6.92 Å². The summed E-state index contributed by atoms with van der Waals surface area (Å²) in [5.74, 6) is -0.371. The number of aryl methyl sites for hydroxylation is 1. The fraction of sp³-hybridized carbons (Fsp3) is 0.182. The van der Waals surface area contributed by atoms with E-state index in [4.69, 9.17) is 9.52 Å². The molecule has 0 aromatic carbocycles. The summed E-state index contributed by atoms with van der Waals surface area (Å²) in [5, 5.41) is 12.5. The SMILES string of the molecule is Cc1cc2c(cc3c(=O)n(CC(=O)O)ncn32)o1. The standard InChI is InChI=1S/C11H9N3O4/c1-6-2-7-9(18-6)3-8-11(17)14(4-10(15)16)12-5-13(7)8/h2-3,5H,4H2,1H3,(H,15,16). The Kier molecular flexibility index (Phi) is 2.03. The van der Waals surface area contributed by atoms with E-state index < -0.39 is 18.1 Å². The van der Waals surface area contributed by atoms with Gasteiger partial charge in [-0.2, -0.15) is 5.10 Å². The van der Waals surface area contributed by atoms with Crippen LogP contribution in [0.4, 0.5) is 0 Å². The monoisotopic (exact) mass is 247 g/mol. The Morgan fingerprint density at radius 1 is 1.44 bits per heavy atom. The molecular weight excluding hydrogens is 238 g/mol. The fourth-order valence-corrected chi connectivity index (χ4v) is 1.96. The number of hydrogen-bond donors (Lipinski definition) is 1. The summed E-state index contributed by atoms with van der Waals surface area (Å²) >= 11 is 0. The Morgan fingerprint density at radius 3 is 2.94 bits per heavy atom. The van der Waals surface area contributed by atoms with Gasteiger partial charge in [-0.1, -0.05) is 0 Å². The smallest absolute Gasteiger partial charge is 0.325 e. The first kappa shape index (κ1) is 10.6. The van der Waals surface area contributed by atoms with Crippen molar-refractivity contribution >= 4 is 22.6 Å². The second-order valence-corrected chi connectivity index (χ2v) is 3.99. The summed E-state index contributed by atoms with van der Waals surface area (Å²) in [6, 6.07) is 3.38. The van der Waals surface area contributed by atoms with Crippen molar-refractivity contribution in [3.8, 4) is 0 Å². The molecule has 0 aliphatic carbocycles. The number of fused-ring (bicyclic) bond motifs is 3. The van der Waals surface area contributed by atoms with Crippen molar-refractivity contribution in [1.29, 1.82) is 0 Å². The normalized spacial score (nSPS) is 11.4. The molecule has 0 atom stereocenters. The van der Waals surface area contributed by atoms with Crippen molar-refractivity contribution in [3.63, 3.8) is 0 Å². The van der Waals surface area contributed by atoms with Gasteiger partial charge in [0.05, 0.1) is 5.52 Å². The van der Waals surface area contributed by atoms with Crippen LogP contribution < -0.4 is 5.56 Å². The summed E-state index contributed by atoms with van der Waals surface area (Å²) < 4.78 is 7.91. The van der Waals surface area contributed by atoms with Gasteiger partial charge in [0.1, 0.15) is 24.1 Å². The number of aliphatic carboxylic acids is 1. The molecule has 7 heteroatoms. The lowest BCUT2D eigenvalue weighted by Gasteiger charge is -2.01. The largest absolute Gasteiger partial charge is 0.480 e. The second-order valence-electron chi connectivity index (χ2n) is 3.99. The van der Waals surface area contributed by atoms with Crippen LogP contribution in [0.25, 0.3) is 16.6 Å². The molecule has 3 aromatic rings. The molecule has 3 aromatic heterocycles. The molecule has 7 nitrogen and oxygen atoms in total. The van der Waals surface area contributed by atoms with E-state index in [9.17, 15) is 9.59 Å². The zero-order chi connectivity index (χ0) is 12.9. The van der Waals surface area contributed by atoms with Crippen molar-refractivity contribution in [2.75, 3.05) is 0 Å². The number of carboxylic acid groups (broad SMARTS) is 1. The maximum absolute atomic E-state index is 12.0.